The third-order valence-electron chi connectivity index (χ3n) is 3.93. The molecule has 1 aromatic rings. The van der Waals surface area contributed by atoms with Crippen molar-refractivity contribution in [2.45, 2.75) is 33.1 Å². The van der Waals surface area contributed by atoms with Crippen LogP contribution in [0.2, 0.25) is 0 Å². The number of carbonyl (C=O) groups is 1. The number of rotatable bonds is 4. The number of carbonyl (C=O) groups excluding carboxylic acids is 1. The van der Waals surface area contributed by atoms with Crippen molar-refractivity contribution in [1.82, 2.24) is 4.90 Å². The van der Waals surface area contributed by atoms with E-state index in [1.165, 1.54) is 6.07 Å². The van der Waals surface area contributed by atoms with E-state index < -0.39 is 17.9 Å². The van der Waals surface area contributed by atoms with Crippen LogP contribution in [0.15, 0.2) is 42.1 Å². The van der Waals surface area contributed by atoms with Gasteiger partial charge < -0.3 is 15.4 Å². The standard InChI is InChI=1S/C11H18N2O.C8H6F4O/c1-9(7-10(2)12)11-3-5-13(8-14)6-4-11;1-5-2-3-7(6(9)4-5)13-8(10,11)12/h7-8,11H,1,3-6,12H2,2H3;2-4H,1H3/b10-7+;. The number of aryl methyl sites for hydroxylation is 1. The van der Waals surface area contributed by atoms with E-state index >= 15 is 0 Å². The number of nitrogens with zero attached hydrogens (tertiary/aromatic N) is 1. The SMILES string of the molecule is C=C(/C=C(\C)N)C1CCN(C=O)CC1.Cc1ccc(OC(F)(F)F)c(F)c1. The fourth-order valence-electron chi connectivity index (χ4n) is 2.60. The maximum absolute atomic E-state index is 12.8. The van der Waals surface area contributed by atoms with Crippen molar-refractivity contribution in [1.29, 1.82) is 0 Å². The number of ether oxygens (including phenoxy) is 1. The van der Waals surface area contributed by atoms with Gasteiger partial charge in [0.05, 0.1) is 0 Å². The Morgan fingerprint density at radius 3 is 2.37 bits per heavy atom. The van der Waals surface area contributed by atoms with Crippen molar-refractivity contribution < 1.29 is 27.1 Å². The van der Waals surface area contributed by atoms with Gasteiger partial charge in [0.25, 0.3) is 0 Å². The van der Waals surface area contributed by atoms with Gasteiger partial charge in [-0.15, -0.1) is 13.2 Å². The zero-order chi connectivity index (χ0) is 20.6. The first kappa shape index (κ1) is 22.5. The highest BCUT2D eigenvalue weighted by Crippen LogP contribution is 2.26. The molecular weight excluding hydrogens is 364 g/mol. The van der Waals surface area contributed by atoms with Crippen molar-refractivity contribution >= 4 is 6.41 Å². The van der Waals surface area contributed by atoms with Gasteiger partial charge in [-0.05, 0) is 56.4 Å². The maximum atomic E-state index is 12.8. The van der Waals surface area contributed by atoms with Crippen molar-refractivity contribution in [3.05, 3.63) is 53.5 Å². The van der Waals surface area contributed by atoms with Gasteiger partial charge in [0.15, 0.2) is 11.6 Å². The van der Waals surface area contributed by atoms with Crippen LogP contribution in [-0.2, 0) is 4.79 Å². The highest BCUT2D eigenvalue weighted by Gasteiger charge is 2.32. The van der Waals surface area contributed by atoms with Gasteiger partial charge in [0.2, 0.25) is 6.41 Å². The van der Waals surface area contributed by atoms with Crippen LogP contribution in [0.25, 0.3) is 0 Å². The highest BCUT2D eigenvalue weighted by molar-refractivity contribution is 5.47. The zero-order valence-electron chi connectivity index (χ0n) is 15.4. The fraction of sp³-hybridized carbons (Fsp3) is 0.421. The molecule has 8 heteroatoms. The summed E-state index contributed by atoms with van der Waals surface area (Å²) in [6.45, 7) is 9.12. The quantitative estimate of drug-likeness (QED) is 0.475. The Morgan fingerprint density at radius 1 is 1.33 bits per heavy atom. The number of halogens is 4. The minimum absolute atomic E-state index is 0.490. The molecule has 1 amide bonds. The third-order valence-corrected chi connectivity index (χ3v) is 3.93. The molecule has 1 aromatic carbocycles. The lowest BCUT2D eigenvalue weighted by Gasteiger charge is -2.29. The molecule has 0 spiro atoms. The number of amides is 1. The summed E-state index contributed by atoms with van der Waals surface area (Å²) < 4.78 is 51.1. The number of benzene rings is 1. The van der Waals surface area contributed by atoms with Crippen LogP contribution in [0.3, 0.4) is 0 Å². The number of nitrogens with two attached hydrogens (primary N) is 1. The average Bonchev–Trinajstić information content (AvgIpc) is 2.56. The smallest absolute Gasteiger partial charge is 0.403 e. The summed E-state index contributed by atoms with van der Waals surface area (Å²) in [6, 6.07) is 3.25. The molecular formula is C19H24F4N2O2. The molecule has 0 radical (unpaired) electrons. The van der Waals surface area contributed by atoms with Gasteiger partial charge in [-0.25, -0.2) is 4.39 Å². The molecule has 0 unspecified atom stereocenters. The Morgan fingerprint density at radius 2 is 1.93 bits per heavy atom. The second kappa shape index (κ2) is 9.99. The molecule has 1 fully saturated rings. The summed E-state index contributed by atoms with van der Waals surface area (Å²) in [5.74, 6) is -1.33. The van der Waals surface area contributed by atoms with Gasteiger partial charge in [0.1, 0.15) is 0 Å². The van der Waals surface area contributed by atoms with Crippen molar-refractivity contribution in [3.63, 3.8) is 0 Å². The summed E-state index contributed by atoms with van der Waals surface area (Å²) >= 11 is 0. The molecule has 0 aromatic heterocycles. The van der Waals surface area contributed by atoms with Crippen LogP contribution in [0.5, 0.6) is 5.75 Å². The average molecular weight is 388 g/mol. The van der Waals surface area contributed by atoms with Crippen LogP contribution < -0.4 is 10.5 Å². The number of allylic oxidation sites excluding steroid dienone is 3. The fourth-order valence-corrected chi connectivity index (χ4v) is 2.60. The number of likely N-dealkylation sites (tertiary alicyclic amines) is 1. The largest absolute Gasteiger partial charge is 0.573 e. The molecule has 2 rings (SSSR count). The van der Waals surface area contributed by atoms with Crippen molar-refractivity contribution in [2.75, 3.05) is 13.1 Å². The van der Waals surface area contributed by atoms with Crippen LogP contribution >= 0.6 is 0 Å². The molecule has 0 saturated carbocycles. The van der Waals surface area contributed by atoms with E-state index in [-0.39, 0.29) is 0 Å². The van der Waals surface area contributed by atoms with Gasteiger partial charge in [-0.1, -0.05) is 18.2 Å². The molecule has 0 bridgehead atoms. The van der Waals surface area contributed by atoms with Crippen LogP contribution in [-0.4, -0.2) is 30.8 Å². The number of piperidine rings is 1. The van der Waals surface area contributed by atoms with E-state index in [4.69, 9.17) is 5.73 Å². The Kier molecular flexibility index (Phi) is 8.33. The second-order valence-corrected chi connectivity index (χ2v) is 6.36. The molecule has 1 aliphatic heterocycles. The van der Waals surface area contributed by atoms with Crippen LogP contribution in [0, 0.1) is 18.7 Å². The Labute approximate surface area is 156 Å². The number of hydrogen-bond acceptors (Lipinski definition) is 3. The second-order valence-electron chi connectivity index (χ2n) is 6.36. The lowest BCUT2D eigenvalue weighted by molar-refractivity contribution is -0.275. The molecule has 1 saturated heterocycles. The topological polar surface area (TPSA) is 55.6 Å². The molecule has 0 atom stereocenters. The molecule has 27 heavy (non-hydrogen) atoms. The first-order valence-electron chi connectivity index (χ1n) is 8.35. The first-order chi connectivity index (χ1) is 12.5. The monoisotopic (exact) mass is 388 g/mol. The molecule has 1 heterocycles. The van der Waals surface area contributed by atoms with Crippen molar-refractivity contribution in [3.8, 4) is 5.75 Å². The van der Waals surface area contributed by atoms with E-state index in [0.717, 1.165) is 55.7 Å². The van der Waals surface area contributed by atoms with E-state index in [1.54, 1.807) is 6.92 Å². The number of hydrogen-bond donors (Lipinski definition) is 1. The lowest BCUT2D eigenvalue weighted by atomic mass is 9.90. The molecule has 0 aliphatic carbocycles. The molecule has 4 nitrogen and oxygen atoms in total. The Bertz CT molecular complexity index is 675. The Balaban J connectivity index is 0.000000271. The zero-order valence-corrected chi connectivity index (χ0v) is 15.4. The van der Waals surface area contributed by atoms with E-state index in [9.17, 15) is 22.4 Å². The molecule has 1 aliphatic rings. The summed E-state index contributed by atoms with van der Waals surface area (Å²) in [5.41, 5.74) is 8.01. The van der Waals surface area contributed by atoms with Gasteiger partial charge in [-0.2, -0.15) is 0 Å². The molecule has 150 valence electrons. The third kappa shape index (κ3) is 8.61. The Hall–Kier alpha value is -2.51. The summed E-state index contributed by atoms with van der Waals surface area (Å²) in [7, 11) is 0. The maximum Gasteiger partial charge on any atom is 0.573 e. The minimum Gasteiger partial charge on any atom is -0.403 e. The van der Waals surface area contributed by atoms with Gasteiger partial charge in [0, 0.05) is 18.8 Å². The highest BCUT2D eigenvalue weighted by atomic mass is 19.4. The van der Waals surface area contributed by atoms with E-state index in [2.05, 4.69) is 11.3 Å². The van der Waals surface area contributed by atoms with Crippen LogP contribution in [0.1, 0.15) is 25.3 Å². The first-order valence-corrected chi connectivity index (χ1v) is 8.35. The normalized spacial score (nSPS) is 15.6. The minimum atomic E-state index is -4.85. The predicted molar refractivity (Wildman–Crippen MR) is 95.3 cm³/mol. The summed E-state index contributed by atoms with van der Waals surface area (Å²) in [4.78, 5) is 12.3. The van der Waals surface area contributed by atoms with E-state index in [0.29, 0.717) is 11.5 Å². The summed E-state index contributed by atoms with van der Waals surface area (Å²) in [5, 5.41) is 0. The summed E-state index contributed by atoms with van der Waals surface area (Å²) in [6.07, 6.45) is 0.00302. The van der Waals surface area contributed by atoms with Crippen molar-refractivity contribution in [2.24, 2.45) is 11.7 Å². The number of alkyl halides is 3. The van der Waals surface area contributed by atoms with E-state index in [1.807, 2.05) is 17.9 Å². The van der Waals surface area contributed by atoms with Gasteiger partial charge >= 0.3 is 6.36 Å². The van der Waals surface area contributed by atoms with Gasteiger partial charge in [-0.3, -0.25) is 4.79 Å². The lowest BCUT2D eigenvalue weighted by Crippen LogP contribution is -2.32. The van der Waals surface area contributed by atoms with Crippen LogP contribution in [0.4, 0.5) is 17.6 Å². The predicted octanol–water partition coefficient (Wildman–Crippen LogP) is 4.31. The molecule has 2 N–H and O–H groups in total.